The van der Waals surface area contributed by atoms with Gasteiger partial charge in [-0.05, 0) is 52.2 Å². The van der Waals surface area contributed by atoms with Crippen molar-refractivity contribution in [2.45, 2.75) is 19.0 Å². The van der Waals surface area contributed by atoms with E-state index in [1.807, 2.05) is 6.07 Å². The zero-order valence-corrected chi connectivity index (χ0v) is 12.2. The number of pyridine rings is 1. The van der Waals surface area contributed by atoms with E-state index in [9.17, 15) is 0 Å². The minimum Gasteiger partial charge on any atom is -0.376 e. The minimum absolute atomic E-state index is 0.326. The lowest BCUT2D eigenvalue weighted by Gasteiger charge is -2.20. The maximum atomic E-state index is 4.26. The molecule has 2 N–H and O–H groups in total. The van der Waals surface area contributed by atoms with E-state index in [1.165, 1.54) is 11.1 Å². The van der Waals surface area contributed by atoms with E-state index in [-0.39, 0.29) is 0 Å². The summed E-state index contributed by atoms with van der Waals surface area (Å²) in [7, 11) is 0. The Bertz CT molecular complexity index is 571. The molecule has 0 radical (unpaired) electrons. The van der Waals surface area contributed by atoms with Crippen LogP contribution in [0.5, 0.6) is 0 Å². The third kappa shape index (κ3) is 2.80. The average Bonchev–Trinajstić information content (AvgIpc) is 2.64. The van der Waals surface area contributed by atoms with Crippen molar-refractivity contribution >= 4 is 21.6 Å². The fraction of sp³-hybridized carbons (Fsp3) is 0.267. The molecule has 3 nitrogen and oxygen atoms in total. The summed E-state index contributed by atoms with van der Waals surface area (Å²) in [4.78, 5) is 4.26. The summed E-state index contributed by atoms with van der Waals surface area (Å²) in [5, 5.41) is 7.06. The van der Waals surface area contributed by atoms with Crippen molar-refractivity contribution in [3.8, 4) is 0 Å². The Hall–Kier alpha value is -1.39. The Morgan fingerprint density at radius 2 is 2.11 bits per heavy atom. The molecule has 2 heterocycles. The zero-order valence-electron chi connectivity index (χ0n) is 10.6. The molecule has 3 rings (SSSR count). The van der Waals surface area contributed by atoms with Gasteiger partial charge in [0.2, 0.25) is 0 Å². The molecule has 1 aromatic carbocycles. The van der Waals surface area contributed by atoms with Gasteiger partial charge >= 0.3 is 0 Å². The number of fused-ring (bicyclic) bond motifs is 1. The highest BCUT2D eigenvalue weighted by molar-refractivity contribution is 9.10. The summed E-state index contributed by atoms with van der Waals surface area (Å²) >= 11 is 3.49. The van der Waals surface area contributed by atoms with Gasteiger partial charge in [0.25, 0.3) is 0 Å². The molecule has 2 aromatic rings. The highest BCUT2D eigenvalue weighted by Gasteiger charge is 2.18. The number of hydrogen-bond donors (Lipinski definition) is 2. The number of benzene rings is 1. The van der Waals surface area contributed by atoms with Gasteiger partial charge in [-0.2, -0.15) is 0 Å². The van der Waals surface area contributed by atoms with E-state index < -0.39 is 0 Å². The minimum atomic E-state index is 0.326. The van der Waals surface area contributed by atoms with E-state index in [4.69, 9.17) is 0 Å². The van der Waals surface area contributed by atoms with E-state index in [2.05, 4.69) is 61.9 Å². The molecule has 0 aliphatic carbocycles. The third-order valence-electron chi connectivity index (χ3n) is 3.44. The lowest BCUT2D eigenvalue weighted by molar-refractivity contribution is 0.636. The third-order valence-corrected chi connectivity index (χ3v) is 4.08. The van der Waals surface area contributed by atoms with Crippen molar-refractivity contribution in [1.82, 2.24) is 10.3 Å². The van der Waals surface area contributed by atoms with Crippen molar-refractivity contribution in [3.05, 3.63) is 58.3 Å². The topological polar surface area (TPSA) is 37.0 Å². The van der Waals surface area contributed by atoms with Crippen molar-refractivity contribution in [2.24, 2.45) is 0 Å². The largest absolute Gasteiger partial charge is 0.376 e. The fourth-order valence-corrected chi connectivity index (χ4v) is 2.86. The summed E-state index contributed by atoms with van der Waals surface area (Å²) in [6, 6.07) is 12.9. The van der Waals surface area contributed by atoms with Crippen LogP contribution in [-0.4, -0.2) is 11.5 Å². The van der Waals surface area contributed by atoms with E-state index in [1.54, 1.807) is 6.20 Å². The first-order valence-electron chi connectivity index (χ1n) is 6.50. The molecule has 1 atom stereocenters. The van der Waals surface area contributed by atoms with Gasteiger partial charge in [0.1, 0.15) is 4.60 Å². The Morgan fingerprint density at radius 1 is 1.21 bits per heavy atom. The molecule has 4 heteroatoms. The van der Waals surface area contributed by atoms with Crippen LogP contribution >= 0.6 is 15.9 Å². The smallest absolute Gasteiger partial charge is 0.129 e. The Balaban J connectivity index is 1.91. The van der Waals surface area contributed by atoms with Crippen LogP contribution in [-0.2, 0) is 6.54 Å². The van der Waals surface area contributed by atoms with Gasteiger partial charge in [-0.25, -0.2) is 4.98 Å². The van der Waals surface area contributed by atoms with Gasteiger partial charge in [-0.1, -0.05) is 24.3 Å². The van der Waals surface area contributed by atoms with Crippen LogP contribution in [0.3, 0.4) is 0 Å². The second kappa shape index (κ2) is 5.72. The van der Waals surface area contributed by atoms with Crippen LogP contribution < -0.4 is 10.6 Å². The molecular formula is C15H16BrN3. The second-order valence-electron chi connectivity index (χ2n) is 4.70. The van der Waals surface area contributed by atoms with Crippen LogP contribution in [0.15, 0.2) is 47.2 Å². The number of aromatic nitrogens is 1. The predicted octanol–water partition coefficient (Wildman–Crippen LogP) is 3.49. The Labute approximate surface area is 121 Å². The zero-order chi connectivity index (χ0) is 13.1. The van der Waals surface area contributed by atoms with Crippen molar-refractivity contribution in [3.63, 3.8) is 0 Å². The molecule has 19 heavy (non-hydrogen) atoms. The molecule has 0 fully saturated rings. The van der Waals surface area contributed by atoms with Gasteiger partial charge in [0, 0.05) is 12.7 Å². The molecule has 98 valence electrons. The summed E-state index contributed by atoms with van der Waals surface area (Å²) in [6.07, 6.45) is 2.86. The highest BCUT2D eigenvalue weighted by atomic mass is 79.9. The van der Waals surface area contributed by atoms with Gasteiger partial charge < -0.3 is 10.6 Å². The number of halogens is 1. The summed E-state index contributed by atoms with van der Waals surface area (Å²) in [5.74, 6) is 0. The maximum Gasteiger partial charge on any atom is 0.129 e. The van der Waals surface area contributed by atoms with Crippen LogP contribution in [0, 0.1) is 0 Å². The number of anilines is 1. The van der Waals surface area contributed by atoms with Crippen molar-refractivity contribution < 1.29 is 0 Å². The molecule has 0 amide bonds. The van der Waals surface area contributed by atoms with Gasteiger partial charge in [-0.3, -0.25) is 0 Å². The van der Waals surface area contributed by atoms with Crippen molar-refractivity contribution in [2.75, 3.05) is 11.9 Å². The average molecular weight is 318 g/mol. The molecule has 0 bridgehead atoms. The summed E-state index contributed by atoms with van der Waals surface area (Å²) in [6.45, 7) is 1.97. The molecule has 1 aliphatic rings. The van der Waals surface area contributed by atoms with Crippen LogP contribution in [0.1, 0.15) is 23.6 Å². The number of nitrogens with one attached hydrogen (secondary N) is 2. The van der Waals surface area contributed by atoms with E-state index >= 15 is 0 Å². The van der Waals surface area contributed by atoms with E-state index in [0.717, 1.165) is 29.8 Å². The fourth-order valence-electron chi connectivity index (χ4n) is 2.49. The van der Waals surface area contributed by atoms with Crippen LogP contribution in [0.4, 0.5) is 5.69 Å². The summed E-state index contributed by atoms with van der Waals surface area (Å²) in [5.41, 5.74) is 3.80. The van der Waals surface area contributed by atoms with E-state index in [0.29, 0.717) is 6.04 Å². The highest BCUT2D eigenvalue weighted by Crippen LogP contribution is 2.29. The second-order valence-corrected chi connectivity index (χ2v) is 5.45. The molecule has 0 saturated carbocycles. The SMILES string of the molecule is Brc1ncccc1NC1CCNCc2ccccc21. The first-order chi connectivity index (χ1) is 9.34. The predicted molar refractivity (Wildman–Crippen MR) is 81.1 cm³/mol. The Morgan fingerprint density at radius 3 is 3.00 bits per heavy atom. The van der Waals surface area contributed by atoms with Gasteiger partial charge in [0.15, 0.2) is 0 Å². The van der Waals surface area contributed by atoms with Crippen molar-refractivity contribution in [1.29, 1.82) is 0 Å². The normalized spacial score (nSPS) is 18.5. The lowest BCUT2D eigenvalue weighted by atomic mass is 9.99. The summed E-state index contributed by atoms with van der Waals surface area (Å²) < 4.78 is 0.865. The monoisotopic (exact) mass is 317 g/mol. The molecule has 0 saturated heterocycles. The van der Waals surface area contributed by atoms with Gasteiger partial charge in [0.05, 0.1) is 11.7 Å². The number of hydrogen-bond acceptors (Lipinski definition) is 3. The first kappa shape index (κ1) is 12.6. The number of nitrogens with zero attached hydrogens (tertiary/aromatic N) is 1. The first-order valence-corrected chi connectivity index (χ1v) is 7.29. The molecule has 1 aromatic heterocycles. The molecule has 1 unspecified atom stereocenters. The van der Waals surface area contributed by atoms with Crippen LogP contribution in [0.2, 0.25) is 0 Å². The standard InChI is InChI=1S/C15H16BrN3/c16-15-14(6-3-8-18-15)19-13-7-9-17-10-11-4-1-2-5-12(11)13/h1-6,8,13,17,19H,7,9-10H2. The Kier molecular flexibility index (Phi) is 3.80. The molecule has 0 spiro atoms. The molecule has 1 aliphatic heterocycles. The quantitative estimate of drug-likeness (QED) is 0.832. The van der Waals surface area contributed by atoms with Crippen LogP contribution in [0.25, 0.3) is 0 Å². The maximum absolute atomic E-state index is 4.26. The lowest BCUT2D eigenvalue weighted by Crippen LogP contribution is -2.15. The molecular weight excluding hydrogens is 302 g/mol. The van der Waals surface area contributed by atoms with Gasteiger partial charge in [-0.15, -0.1) is 0 Å². The number of rotatable bonds is 2.